The van der Waals surface area contributed by atoms with Gasteiger partial charge in [-0.05, 0) is 12.8 Å². The molecule has 1 heterocycles. The molecule has 5 heteroatoms. The van der Waals surface area contributed by atoms with Crippen LogP contribution in [0.1, 0.15) is 12.8 Å². The maximum atomic E-state index is 11.0. The number of carbonyl (C=O) groups excluding carboxylic acids is 1. The zero-order chi connectivity index (χ0) is 9.84. The zero-order valence-electron chi connectivity index (χ0n) is 7.20. The van der Waals surface area contributed by atoms with E-state index in [1.54, 1.807) is 6.07 Å². The SMILES string of the molecule is COC(=O)C(C#N)=C1CCC(O)N1. The van der Waals surface area contributed by atoms with Crippen molar-refractivity contribution in [2.24, 2.45) is 0 Å². The number of methoxy groups -OCH3 is 1. The highest BCUT2D eigenvalue weighted by molar-refractivity contribution is 5.93. The second kappa shape index (κ2) is 3.92. The van der Waals surface area contributed by atoms with Crippen LogP contribution in [0.2, 0.25) is 0 Å². The van der Waals surface area contributed by atoms with Crippen LogP contribution in [0.5, 0.6) is 0 Å². The van der Waals surface area contributed by atoms with Crippen molar-refractivity contribution in [1.82, 2.24) is 5.32 Å². The van der Waals surface area contributed by atoms with Gasteiger partial charge < -0.3 is 15.2 Å². The van der Waals surface area contributed by atoms with Crippen molar-refractivity contribution in [3.8, 4) is 6.07 Å². The van der Waals surface area contributed by atoms with Gasteiger partial charge in [0.25, 0.3) is 0 Å². The molecule has 13 heavy (non-hydrogen) atoms. The lowest BCUT2D eigenvalue weighted by Crippen LogP contribution is -2.21. The molecule has 0 aromatic carbocycles. The highest BCUT2D eigenvalue weighted by Crippen LogP contribution is 2.17. The summed E-state index contributed by atoms with van der Waals surface area (Å²) in [4.78, 5) is 11.0. The summed E-state index contributed by atoms with van der Waals surface area (Å²) in [6.45, 7) is 0. The summed E-state index contributed by atoms with van der Waals surface area (Å²) in [6, 6.07) is 1.75. The van der Waals surface area contributed by atoms with Crippen molar-refractivity contribution >= 4 is 5.97 Å². The largest absolute Gasteiger partial charge is 0.465 e. The highest BCUT2D eigenvalue weighted by Gasteiger charge is 2.22. The van der Waals surface area contributed by atoms with Gasteiger partial charge in [0.2, 0.25) is 0 Å². The van der Waals surface area contributed by atoms with E-state index in [0.717, 1.165) is 0 Å². The summed E-state index contributed by atoms with van der Waals surface area (Å²) in [7, 11) is 1.21. The number of aliphatic hydroxyl groups is 1. The Morgan fingerprint density at radius 2 is 2.54 bits per heavy atom. The Labute approximate surface area is 75.6 Å². The summed E-state index contributed by atoms with van der Waals surface area (Å²) in [5.41, 5.74) is 0.404. The number of ether oxygens (including phenoxy) is 1. The maximum Gasteiger partial charge on any atom is 0.350 e. The molecule has 1 saturated heterocycles. The predicted octanol–water partition coefficient (Wildman–Crippen LogP) is -0.361. The van der Waals surface area contributed by atoms with Crippen molar-refractivity contribution < 1.29 is 14.6 Å². The first-order valence-electron chi connectivity index (χ1n) is 3.85. The minimum absolute atomic E-state index is 0.0564. The molecule has 0 spiro atoms. The van der Waals surface area contributed by atoms with Gasteiger partial charge in [-0.1, -0.05) is 0 Å². The first-order valence-corrected chi connectivity index (χ1v) is 3.85. The minimum Gasteiger partial charge on any atom is -0.465 e. The molecule has 0 radical (unpaired) electrons. The highest BCUT2D eigenvalue weighted by atomic mass is 16.5. The fourth-order valence-electron chi connectivity index (χ4n) is 1.16. The Morgan fingerprint density at radius 1 is 1.85 bits per heavy atom. The molecule has 70 valence electrons. The number of rotatable bonds is 1. The van der Waals surface area contributed by atoms with E-state index in [1.807, 2.05) is 0 Å². The Kier molecular flexibility index (Phi) is 2.88. The maximum absolute atomic E-state index is 11.0. The van der Waals surface area contributed by atoms with Gasteiger partial charge in [-0.3, -0.25) is 0 Å². The average Bonchev–Trinajstić information content (AvgIpc) is 2.53. The number of hydrogen-bond acceptors (Lipinski definition) is 5. The van der Waals surface area contributed by atoms with E-state index in [2.05, 4.69) is 10.1 Å². The third-order valence-corrected chi connectivity index (χ3v) is 1.81. The molecule has 1 atom stereocenters. The lowest BCUT2D eigenvalue weighted by atomic mass is 10.2. The van der Waals surface area contributed by atoms with Crippen LogP contribution in [0.4, 0.5) is 0 Å². The van der Waals surface area contributed by atoms with E-state index in [4.69, 9.17) is 10.4 Å². The van der Waals surface area contributed by atoms with Crippen LogP contribution in [0.3, 0.4) is 0 Å². The Hall–Kier alpha value is -1.54. The fraction of sp³-hybridized carbons (Fsp3) is 0.500. The summed E-state index contributed by atoms with van der Waals surface area (Å²) < 4.78 is 4.41. The van der Waals surface area contributed by atoms with Gasteiger partial charge in [0, 0.05) is 5.70 Å². The molecule has 0 aromatic rings. The molecule has 1 aliphatic heterocycles. The number of nitriles is 1. The van der Waals surface area contributed by atoms with E-state index in [-0.39, 0.29) is 5.57 Å². The van der Waals surface area contributed by atoms with Crippen molar-refractivity contribution in [2.75, 3.05) is 7.11 Å². The minimum atomic E-state index is -0.668. The van der Waals surface area contributed by atoms with E-state index < -0.39 is 12.2 Å². The summed E-state index contributed by atoms with van der Waals surface area (Å²) in [5.74, 6) is -0.668. The van der Waals surface area contributed by atoms with Gasteiger partial charge in [0.05, 0.1) is 7.11 Å². The van der Waals surface area contributed by atoms with Crippen molar-refractivity contribution in [1.29, 1.82) is 5.26 Å². The third kappa shape index (κ3) is 1.98. The fourth-order valence-corrected chi connectivity index (χ4v) is 1.16. The first-order chi connectivity index (χ1) is 6.19. The zero-order valence-corrected chi connectivity index (χ0v) is 7.20. The van der Waals surface area contributed by atoms with Crippen LogP contribution in [0, 0.1) is 11.3 Å². The van der Waals surface area contributed by atoms with Crippen LogP contribution < -0.4 is 5.32 Å². The van der Waals surface area contributed by atoms with Crippen LogP contribution in [-0.2, 0) is 9.53 Å². The molecule has 1 aliphatic rings. The topological polar surface area (TPSA) is 82.4 Å². The van der Waals surface area contributed by atoms with Crippen LogP contribution in [-0.4, -0.2) is 24.4 Å². The molecule has 0 saturated carbocycles. The first kappa shape index (κ1) is 9.55. The van der Waals surface area contributed by atoms with E-state index in [9.17, 15) is 4.79 Å². The quantitative estimate of drug-likeness (QED) is 0.328. The Balaban J connectivity index is 2.88. The van der Waals surface area contributed by atoms with Crippen LogP contribution >= 0.6 is 0 Å². The van der Waals surface area contributed by atoms with Crippen molar-refractivity contribution in [3.05, 3.63) is 11.3 Å². The molecule has 5 nitrogen and oxygen atoms in total. The Morgan fingerprint density at radius 3 is 2.92 bits per heavy atom. The number of esters is 1. The van der Waals surface area contributed by atoms with Crippen molar-refractivity contribution in [2.45, 2.75) is 19.1 Å². The molecule has 0 bridgehead atoms. The molecular weight excluding hydrogens is 172 g/mol. The van der Waals surface area contributed by atoms with Crippen LogP contribution in [0.25, 0.3) is 0 Å². The Bertz CT molecular complexity index is 290. The normalized spacial score (nSPS) is 24.5. The molecule has 1 fully saturated rings. The number of carbonyl (C=O) groups is 1. The molecule has 0 aliphatic carbocycles. The second-order valence-electron chi connectivity index (χ2n) is 2.66. The van der Waals surface area contributed by atoms with Gasteiger partial charge in [0.15, 0.2) is 5.57 Å². The lowest BCUT2D eigenvalue weighted by molar-refractivity contribution is -0.135. The van der Waals surface area contributed by atoms with E-state index >= 15 is 0 Å². The van der Waals surface area contributed by atoms with Gasteiger partial charge in [-0.15, -0.1) is 0 Å². The predicted molar refractivity (Wildman–Crippen MR) is 43.0 cm³/mol. The standard InChI is InChI=1S/C8H10N2O3/c1-13-8(12)5(4-9)6-2-3-7(11)10-6/h7,10-11H,2-3H2,1H3. The smallest absolute Gasteiger partial charge is 0.350 e. The van der Waals surface area contributed by atoms with Gasteiger partial charge in [-0.25, -0.2) is 4.79 Å². The third-order valence-electron chi connectivity index (χ3n) is 1.81. The molecule has 1 rings (SSSR count). The van der Waals surface area contributed by atoms with Gasteiger partial charge in [0.1, 0.15) is 12.3 Å². The van der Waals surface area contributed by atoms with Gasteiger partial charge >= 0.3 is 5.97 Å². The van der Waals surface area contributed by atoms with Crippen LogP contribution in [0.15, 0.2) is 11.3 Å². The number of nitrogens with zero attached hydrogens (tertiary/aromatic N) is 1. The molecule has 2 N–H and O–H groups in total. The molecule has 0 amide bonds. The number of aliphatic hydroxyl groups excluding tert-OH is 1. The lowest BCUT2D eigenvalue weighted by Gasteiger charge is -2.04. The molecule has 0 aromatic heterocycles. The number of nitrogens with one attached hydrogen (secondary N) is 1. The number of hydrogen-bond donors (Lipinski definition) is 2. The molecule has 1 unspecified atom stereocenters. The monoisotopic (exact) mass is 182 g/mol. The summed E-state index contributed by atoms with van der Waals surface area (Å²) >= 11 is 0. The van der Waals surface area contributed by atoms with E-state index in [1.165, 1.54) is 7.11 Å². The van der Waals surface area contributed by atoms with Crippen molar-refractivity contribution in [3.63, 3.8) is 0 Å². The average molecular weight is 182 g/mol. The van der Waals surface area contributed by atoms with Gasteiger partial charge in [-0.2, -0.15) is 5.26 Å². The van der Waals surface area contributed by atoms with E-state index in [0.29, 0.717) is 18.5 Å². The molecular formula is C8H10N2O3. The second-order valence-corrected chi connectivity index (χ2v) is 2.66. The summed E-state index contributed by atoms with van der Waals surface area (Å²) in [5, 5.41) is 20.4. The summed E-state index contributed by atoms with van der Waals surface area (Å²) in [6.07, 6.45) is 0.347. The number of allylic oxidation sites excluding steroid dienone is 1.